The summed E-state index contributed by atoms with van der Waals surface area (Å²) in [5.74, 6) is 0. The van der Waals surface area contributed by atoms with Crippen LogP contribution in [0.4, 0.5) is 10.1 Å². The standard InChI is InChI=1S/C25H18FN3O3/c26-16-25(30,22-11-13-24(29(31)32)21-9-5-4-8-20(21)22)18-10-12-23-17(14-18)15-27-28(23)19-6-2-1-3-7-19/h1-15,30H,16H2. The zero-order valence-corrected chi connectivity index (χ0v) is 16.9. The lowest BCUT2D eigenvalue weighted by Gasteiger charge is -2.27. The molecule has 0 aliphatic heterocycles. The van der Waals surface area contributed by atoms with E-state index >= 15 is 0 Å². The molecule has 0 radical (unpaired) electrons. The number of non-ortho nitro benzene ring substituents is 1. The predicted molar refractivity (Wildman–Crippen MR) is 121 cm³/mol. The Balaban J connectivity index is 1.68. The summed E-state index contributed by atoms with van der Waals surface area (Å²) >= 11 is 0. The Bertz CT molecular complexity index is 1470. The highest BCUT2D eigenvalue weighted by molar-refractivity contribution is 5.94. The first kappa shape index (κ1) is 19.8. The van der Waals surface area contributed by atoms with Crippen molar-refractivity contribution in [3.8, 4) is 5.69 Å². The lowest BCUT2D eigenvalue weighted by atomic mass is 9.84. The van der Waals surface area contributed by atoms with Crippen LogP contribution in [0.15, 0.2) is 91.1 Å². The van der Waals surface area contributed by atoms with E-state index in [1.807, 2.05) is 30.3 Å². The smallest absolute Gasteiger partial charge is 0.277 e. The molecule has 1 N–H and O–H groups in total. The molecule has 5 rings (SSSR count). The van der Waals surface area contributed by atoms with Gasteiger partial charge in [-0.15, -0.1) is 0 Å². The summed E-state index contributed by atoms with van der Waals surface area (Å²) in [5.41, 5.74) is 0.255. The van der Waals surface area contributed by atoms with Crippen molar-refractivity contribution < 1.29 is 14.4 Å². The van der Waals surface area contributed by atoms with Crippen LogP contribution in [-0.4, -0.2) is 26.5 Å². The molecule has 0 bridgehead atoms. The molecular formula is C25H18FN3O3. The van der Waals surface area contributed by atoms with Crippen LogP contribution in [0, 0.1) is 10.1 Å². The fourth-order valence-corrected chi connectivity index (χ4v) is 4.17. The molecule has 1 heterocycles. The first-order chi connectivity index (χ1) is 15.5. The molecule has 158 valence electrons. The van der Waals surface area contributed by atoms with Crippen LogP contribution in [0.2, 0.25) is 0 Å². The number of aliphatic hydroxyl groups is 1. The number of fused-ring (bicyclic) bond motifs is 2. The van der Waals surface area contributed by atoms with Crippen molar-refractivity contribution in [2.45, 2.75) is 5.60 Å². The Morgan fingerprint density at radius 3 is 2.41 bits per heavy atom. The maximum absolute atomic E-state index is 14.5. The first-order valence-corrected chi connectivity index (χ1v) is 10.0. The van der Waals surface area contributed by atoms with Gasteiger partial charge in [-0.3, -0.25) is 10.1 Å². The number of para-hydroxylation sites is 1. The molecule has 4 aromatic carbocycles. The summed E-state index contributed by atoms with van der Waals surface area (Å²) in [7, 11) is 0. The van der Waals surface area contributed by atoms with Crippen molar-refractivity contribution in [2.75, 3.05) is 6.67 Å². The average molecular weight is 427 g/mol. The highest BCUT2D eigenvalue weighted by atomic mass is 19.1. The van der Waals surface area contributed by atoms with Crippen LogP contribution in [0.1, 0.15) is 11.1 Å². The molecule has 1 atom stereocenters. The number of alkyl halides is 1. The number of nitro groups is 1. The number of aromatic nitrogens is 2. The van der Waals surface area contributed by atoms with Gasteiger partial charge in [-0.2, -0.15) is 5.10 Å². The Morgan fingerprint density at radius 1 is 0.969 bits per heavy atom. The number of hydrogen-bond donors (Lipinski definition) is 1. The van der Waals surface area contributed by atoms with E-state index in [9.17, 15) is 19.6 Å². The van der Waals surface area contributed by atoms with Crippen molar-refractivity contribution in [1.29, 1.82) is 0 Å². The molecule has 6 nitrogen and oxygen atoms in total. The number of nitro benzene ring substituents is 1. The lowest BCUT2D eigenvalue weighted by Crippen LogP contribution is -2.30. The third-order valence-corrected chi connectivity index (χ3v) is 5.78. The first-order valence-electron chi connectivity index (χ1n) is 10.0. The van der Waals surface area contributed by atoms with Crippen LogP contribution in [-0.2, 0) is 5.60 Å². The molecule has 0 aliphatic rings. The molecular weight excluding hydrogens is 409 g/mol. The molecule has 32 heavy (non-hydrogen) atoms. The van der Waals surface area contributed by atoms with Gasteiger partial charge < -0.3 is 5.11 Å². The third kappa shape index (κ3) is 3.02. The van der Waals surface area contributed by atoms with E-state index in [0.29, 0.717) is 16.3 Å². The molecule has 0 fully saturated rings. The second-order valence-corrected chi connectivity index (χ2v) is 7.59. The predicted octanol–water partition coefficient (Wildman–Crippen LogP) is 5.29. The minimum atomic E-state index is -1.97. The van der Waals surface area contributed by atoms with Gasteiger partial charge in [0, 0.05) is 11.5 Å². The Labute approximate surface area is 182 Å². The van der Waals surface area contributed by atoms with E-state index in [1.54, 1.807) is 53.3 Å². The second-order valence-electron chi connectivity index (χ2n) is 7.59. The number of rotatable bonds is 5. The molecule has 0 amide bonds. The molecule has 7 heteroatoms. The van der Waals surface area contributed by atoms with Crippen LogP contribution < -0.4 is 0 Å². The van der Waals surface area contributed by atoms with Gasteiger partial charge >= 0.3 is 0 Å². The van der Waals surface area contributed by atoms with Crippen LogP contribution in [0.25, 0.3) is 27.4 Å². The lowest BCUT2D eigenvalue weighted by molar-refractivity contribution is -0.383. The van der Waals surface area contributed by atoms with Crippen LogP contribution >= 0.6 is 0 Å². The Hall–Kier alpha value is -4.10. The fraction of sp³-hybridized carbons (Fsp3) is 0.0800. The van der Waals surface area contributed by atoms with Gasteiger partial charge in [-0.05, 0) is 52.9 Å². The van der Waals surface area contributed by atoms with Crippen molar-refractivity contribution in [3.05, 3.63) is 112 Å². The quantitative estimate of drug-likeness (QED) is 0.305. The highest BCUT2D eigenvalue weighted by Gasteiger charge is 2.35. The van der Waals surface area contributed by atoms with Crippen LogP contribution in [0.5, 0.6) is 0 Å². The van der Waals surface area contributed by atoms with Gasteiger partial charge in [0.1, 0.15) is 12.3 Å². The number of halogens is 1. The number of nitrogens with zero attached hydrogens (tertiary/aromatic N) is 3. The van der Waals surface area contributed by atoms with E-state index in [4.69, 9.17) is 0 Å². The van der Waals surface area contributed by atoms with E-state index in [-0.39, 0.29) is 11.3 Å². The van der Waals surface area contributed by atoms with Gasteiger partial charge in [0.25, 0.3) is 5.69 Å². The maximum Gasteiger partial charge on any atom is 0.277 e. The number of benzene rings is 4. The Kier molecular flexibility index (Phi) is 4.68. The zero-order valence-electron chi connectivity index (χ0n) is 16.9. The number of hydrogen-bond acceptors (Lipinski definition) is 4. The fourth-order valence-electron chi connectivity index (χ4n) is 4.17. The van der Waals surface area contributed by atoms with Gasteiger partial charge in [-0.1, -0.05) is 42.5 Å². The van der Waals surface area contributed by atoms with E-state index in [0.717, 1.165) is 16.6 Å². The third-order valence-electron chi connectivity index (χ3n) is 5.78. The van der Waals surface area contributed by atoms with E-state index in [2.05, 4.69) is 5.10 Å². The van der Waals surface area contributed by atoms with Gasteiger partial charge in [0.2, 0.25) is 0 Å². The zero-order chi connectivity index (χ0) is 22.3. The molecule has 1 unspecified atom stereocenters. The van der Waals surface area contributed by atoms with E-state index < -0.39 is 17.2 Å². The molecule has 0 saturated carbocycles. The summed E-state index contributed by atoms with van der Waals surface area (Å²) in [4.78, 5) is 11.0. The monoisotopic (exact) mass is 427 g/mol. The molecule has 0 aliphatic carbocycles. The summed E-state index contributed by atoms with van der Waals surface area (Å²) < 4.78 is 16.2. The van der Waals surface area contributed by atoms with Gasteiger partial charge in [0.05, 0.1) is 27.7 Å². The topological polar surface area (TPSA) is 81.2 Å². The van der Waals surface area contributed by atoms with E-state index in [1.165, 1.54) is 12.1 Å². The summed E-state index contributed by atoms with van der Waals surface area (Å²) in [5, 5.41) is 28.9. The maximum atomic E-state index is 14.5. The molecule has 0 saturated heterocycles. The van der Waals surface area contributed by atoms with Gasteiger partial charge in [-0.25, -0.2) is 9.07 Å². The summed E-state index contributed by atoms with van der Waals surface area (Å²) in [6.07, 6.45) is 1.67. The largest absolute Gasteiger partial charge is 0.378 e. The van der Waals surface area contributed by atoms with Gasteiger partial charge in [0.15, 0.2) is 0 Å². The summed E-state index contributed by atoms with van der Waals surface area (Å²) in [6, 6.07) is 24.2. The SMILES string of the molecule is O=[N+]([O-])c1ccc(C(O)(CF)c2ccc3c(cnn3-c3ccccc3)c2)c2ccccc12. The van der Waals surface area contributed by atoms with Crippen molar-refractivity contribution >= 4 is 27.4 Å². The second kappa shape index (κ2) is 7.55. The minimum Gasteiger partial charge on any atom is -0.378 e. The normalized spacial score (nSPS) is 13.3. The minimum absolute atomic E-state index is 0.0925. The Morgan fingerprint density at radius 2 is 1.69 bits per heavy atom. The average Bonchev–Trinajstić information content (AvgIpc) is 3.26. The van der Waals surface area contributed by atoms with Crippen molar-refractivity contribution in [2.24, 2.45) is 0 Å². The molecule has 0 spiro atoms. The highest BCUT2D eigenvalue weighted by Crippen LogP contribution is 2.39. The summed E-state index contributed by atoms with van der Waals surface area (Å²) in [6.45, 7) is -1.09. The van der Waals surface area contributed by atoms with Crippen LogP contribution in [0.3, 0.4) is 0 Å². The van der Waals surface area contributed by atoms with Crippen molar-refractivity contribution in [1.82, 2.24) is 9.78 Å². The van der Waals surface area contributed by atoms with Crippen molar-refractivity contribution in [3.63, 3.8) is 0 Å². The molecule has 1 aromatic heterocycles. The molecule has 5 aromatic rings.